The van der Waals surface area contributed by atoms with E-state index in [0.717, 1.165) is 0 Å². The van der Waals surface area contributed by atoms with E-state index >= 15 is 0 Å². The van der Waals surface area contributed by atoms with Crippen molar-refractivity contribution in [1.82, 2.24) is 0 Å². The van der Waals surface area contributed by atoms with Crippen LogP contribution in [0.15, 0.2) is 12.1 Å². The average molecular weight is 227 g/mol. The molecule has 0 fully saturated rings. The first-order valence-electron chi connectivity index (χ1n) is 4.19. The zero-order chi connectivity index (χ0) is 12.3. The molecule has 0 heterocycles. The lowest BCUT2D eigenvalue weighted by atomic mass is 10.1. The van der Waals surface area contributed by atoms with Crippen molar-refractivity contribution in [1.29, 1.82) is 0 Å². The summed E-state index contributed by atoms with van der Waals surface area (Å²) in [6.45, 7) is 1.54. The van der Waals surface area contributed by atoms with E-state index in [0.29, 0.717) is 5.56 Å². The fraction of sp³-hybridized carbons (Fsp3) is 0.250. The van der Waals surface area contributed by atoms with Crippen molar-refractivity contribution in [3.05, 3.63) is 37.9 Å². The zero-order valence-corrected chi connectivity index (χ0v) is 8.59. The van der Waals surface area contributed by atoms with Crippen LogP contribution >= 0.6 is 0 Å². The van der Waals surface area contributed by atoms with Crippen LogP contribution in [0.3, 0.4) is 0 Å². The van der Waals surface area contributed by atoms with Gasteiger partial charge in [-0.2, -0.15) is 0 Å². The lowest BCUT2D eigenvalue weighted by Crippen LogP contribution is -2.04. The largest absolute Gasteiger partial charge is 0.302 e. The van der Waals surface area contributed by atoms with Crippen molar-refractivity contribution in [2.75, 3.05) is 12.6 Å². The standard InChI is InChI=1S/C8H9N3O5/c1-5-3-6(10(12)13)8(9-16-2)7(4-5)11(14)15/h3-4,9H,1-2H3. The molecule has 0 saturated heterocycles. The van der Waals surface area contributed by atoms with Gasteiger partial charge < -0.3 is 0 Å². The van der Waals surface area contributed by atoms with Crippen molar-refractivity contribution in [3.63, 3.8) is 0 Å². The lowest BCUT2D eigenvalue weighted by Gasteiger charge is -2.05. The molecule has 0 aliphatic rings. The molecule has 0 amide bonds. The van der Waals surface area contributed by atoms with E-state index in [1.165, 1.54) is 26.2 Å². The van der Waals surface area contributed by atoms with Crippen LogP contribution < -0.4 is 5.48 Å². The molecule has 1 rings (SSSR count). The van der Waals surface area contributed by atoms with E-state index < -0.39 is 21.2 Å². The summed E-state index contributed by atoms with van der Waals surface area (Å²) in [6, 6.07) is 2.46. The zero-order valence-electron chi connectivity index (χ0n) is 8.59. The SMILES string of the molecule is CONc1c([N+](=O)[O-])cc(C)cc1[N+](=O)[O-]. The molecule has 1 aromatic rings. The fourth-order valence-corrected chi connectivity index (χ4v) is 1.24. The Labute approximate surface area is 90.1 Å². The number of aryl methyl sites for hydroxylation is 1. The van der Waals surface area contributed by atoms with Crippen LogP contribution in [-0.4, -0.2) is 17.0 Å². The van der Waals surface area contributed by atoms with Gasteiger partial charge >= 0.3 is 11.4 Å². The highest BCUT2D eigenvalue weighted by Crippen LogP contribution is 2.35. The highest BCUT2D eigenvalue weighted by atomic mass is 16.6. The summed E-state index contributed by atoms with van der Waals surface area (Å²) in [7, 11) is 1.22. The van der Waals surface area contributed by atoms with Crippen LogP contribution in [0.4, 0.5) is 17.1 Å². The van der Waals surface area contributed by atoms with E-state index in [-0.39, 0.29) is 5.69 Å². The number of rotatable bonds is 4. The van der Waals surface area contributed by atoms with E-state index in [1.807, 2.05) is 0 Å². The van der Waals surface area contributed by atoms with Crippen molar-refractivity contribution in [3.8, 4) is 0 Å². The average Bonchev–Trinajstić information content (AvgIpc) is 2.19. The second kappa shape index (κ2) is 4.53. The molecule has 0 bridgehead atoms. The Morgan fingerprint density at radius 3 is 1.94 bits per heavy atom. The fourth-order valence-electron chi connectivity index (χ4n) is 1.24. The maximum Gasteiger partial charge on any atom is 0.302 e. The molecule has 0 aliphatic heterocycles. The van der Waals surface area contributed by atoms with Crippen molar-refractivity contribution in [2.24, 2.45) is 0 Å². The van der Waals surface area contributed by atoms with Gasteiger partial charge in [-0.05, 0) is 12.5 Å². The highest BCUT2D eigenvalue weighted by Gasteiger charge is 2.25. The van der Waals surface area contributed by atoms with E-state index in [9.17, 15) is 20.2 Å². The third-order valence-corrected chi connectivity index (χ3v) is 1.84. The second-order valence-corrected chi connectivity index (χ2v) is 3.00. The van der Waals surface area contributed by atoms with Gasteiger partial charge in [-0.15, -0.1) is 0 Å². The number of benzene rings is 1. The molecule has 0 unspecified atom stereocenters. The number of nitro benzene ring substituents is 2. The number of nitrogens with one attached hydrogen (secondary N) is 1. The van der Waals surface area contributed by atoms with Gasteiger partial charge in [0.2, 0.25) is 5.69 Å². The first-order chi connectivity index (χ1) is 7.47. The van der Waals surface area contributed by atoms with Gasteiger partial charge in [-0.25, -0.2) is 0 Å². The number of hydrogen-bond acceptors (Lipinski definition) is 6. The van der Waals surface area contributed by atoms with E-state index in [4.69, 9.17) is 0 Å². The summed E-state index contributed by atoms with van der Waals surface area (Å²) in [5, 5.41) is 21.4. The maximum atomic E-state index is 10.7. The second-order valence-electron chi connectivity index (χ2n) is 3.00. The Bertz CT molecular complexity index is 410. The van der Waals surface area contributed by atoms with Crippen LogP contribution in [0.1, 0.15) is 5.56 Å². The summed E-state index contributed by atoms with van der Waals surface area (Å²) < 4.78 is 0. The summed E-state index contributed by atoms with van der Waals surface area (Å²) in [5.74, 6) is 0. The van der Waals surface area contributed by atoms with Crippen LogP contribution in [-0.2, 0) is 4.84 Å². The molecule has 1 aromatic carbocycles. The monoisotopic (exact) mass is 227 g/mol. The Kier molecular flexibility index (Phi) is 3.36. The molecule has 0 spiro atoms. The summed E-state index contributed by atoms with van der Waals surface area (Å²) in [4.78, 5) is 24.5. The van der Waals surface area contributed by atoms with Gasteiger partial charge in [-0.3, -0.25) is 30.5 Å². The molecule has 0 radical (unpaired) electrons. The molecule has 16 heavy (non-hydrogen) atoms. The van der Waals surface area contributed by atoms with Crippen LogP contribution in [0.5, 0.6) is 0 Å². The van der Waals surface area contributed by atoms with Crippen LogP contribution in [0.2, 0.25) is 0 Å². The Morgan fingerprint density at radius 2 is 1.62 bits per heavy atom. The lowest BCUT2D eigenvalue weighted by molar-refractivity contribution is -0.392. The summed E-state index contributed by atoms with van der Waals surface area (Å²) in [5.41, 5.74) is 1.53. The number of hydrogen-bond donors (Lipinski definition) is 1. The van der Waals surface area contributed by atoms with Gasteiger partial charge in [-0.1, -0.05) is 0 Å². The minimum atomic E-state index is -0.707. The van der Waals surface area contributed by atoms with E-state index in [1.54, 1.807) is 0 Å². The Morgan fingerprint density at radius 1 is 1.19 bits per heavy atom. The predicted octanol–water partition coefficient (Wildman–Crippen LogP) is 1.78. The molecule has 0 aromatic heterocycles. The Hall–Kier alpha value is -2.22. The summed E-state index contributed by atoms with van der Waals surface area (Å²) in [6.07, 6.45) is 0. The highest BCUT2D eigenvalue weighted by molar-refractivity contribution is 5.73. The minimum absolute atomic E-state index is 0.261. The van der Waals surface area contributed by atoms with Crippen molar-refractivity contribution < 1.29 is 14.7 Å². The predicted molar refractivity (Wildman–Crippen MR) is 55.1 cm³/mol. The molecule has 0 aliphatic carbocycles. The molecule has 8 heteroatoms. The van der Waals surface area contributed by atoms with Crippen LogP contribution in [0, 0.1) is 27.2 Å². The molecule has 0 atom stereocenters. The van der Waals surface area contributed by atoms with Crippen molar-refractivity contribution >= 4 is 17.1 Å². The molecule has 1 N–H and O–H groups in total. The number of nitro groups is 2. The maximum absolute atomic E-state index is 10.7. The van der Waals surface area contributed by atoms with Crippen LogP contribution in [0.25, 0.3) is 0 Å². The Balaban J connectivity index is 3.47. The quantitative estimate of drug-likeness (QED) is 0.620. The first-order valence-corrected chi connectivity index (χ1v) is 4.19. The molecule has 0 saturated carbocycles. The number of nitrogens with zero attached hydrogens (tertiary/aromatic N) is 2. The first kappa shape index (κ1) is 11.9. The van der Waals surface area contributed by atoms with Gasteiger partial charge in [0, 0.05) is 12.1 Å². The molecular formula is C8H9N3O5. The molecule has 86 valence electrons. The van der Waals surface area contributed by atoms with Crippen molar-refractivity contribution in [2.45, 2.75) is 6.92 Å². The normalized spacial score (nSPS) is 9.88. The third-order valence-electron chi connectivity index (χ3n) is 1.84. The minimum Gasteiger partial charge on any atom is -0.279 e. The topological polar surface area (TPSA) is 108 Å². The summed E-state index contributed by atoms with van der Waals surface area (Å²) >= 11 is 0. The van der Waals surface area contributed by atoms with Gasteiger partial charge in [0.05, 0.1) is 17.0 Å². The smallest absolute Gasteiger partial charge is 0.279 e. The molecule has 8 nitrogen and oxygen atoms in total. The van der Waals surface area contributed by atoms with Gasteiger partial charge in [0.1, 0.15) is 0 Å². The molecular weight excluding hydrogens is 218 g/mol. The number of anilines is 1. The van der Waals surface area contributed by atoms with Gasteiger partial charge in [0.25, 0.3) is 0 Å². The van der Waals surface area contributed by atoms with Gasteiger partial charge in [0.15, 0.2) is 0 Å². The third kappa shape index (κ3) is 2.23. The van der Waals surface area contributed by atoms with E-state index in [2.05, 4.69) is 10.3 Å².